The van der Waals surface area contributed by atoms with Crippen LogP contribution in [0.1, 0.15) is 24.8 Å². The highest BCUT2D eigenvalue weighted by atomic mass is 19.1. The Morgan fingerprint density at radius 2 is 1.63 bits per heavy atom. The molecule has 1 aromatic carbocycles. The maximum Gasteiger partial charge on any atom is 0.227 e. The van der Waals surface area contributed by atoms with Gasteiger partial charge in [0.05, 0.1) is 11.6 Å². The number of hydrogen-bond acceptors (Lipinski definition) is 6. The number of piperidine rings is 1. The molecule has 0 atom stereocenters. The molecular formula is C20H23FN6. The van der Waals surface area contributed by atoms with Crippen LogP contribution in [0.5, 0.6) is 0 Å². The first kappa shape index (κ1) is 17.5. The van der Waals surface area contributed by atoms with Gasteiger partial charge in [0, 0.05) is 51.2 Å². The Hall–Kier alpha value is -2.88. The molecule has 27 heavy (non-hydrogen) atoms. The lowest BCUT2D eigenvalue weighted by Gasteiger charge is -2.36. The summed E-state index contributed by atoms with van der Waals surface area (Å²) in [4.78, 5) is 15.9. The van der Waals surface area contributed by atoms with Gasteiger partial charge in [-0.05, 0) is 43.5 Å². The topological polar surface area (TPSA) is 59.3 Å². The van der Waals surface area contributed by atoms with E-state index in [0.29, 0.717) is 5.56 Å². The number of anilines is 3. The summed E-state index contributed by atoms with van der Waals surface area (Å²) in [5.74, 6) is 1.39. The molecule has 0 unspecified atom stereocenters. The summed E-state index contributed by atoms with van der Waals surface area (Å²) >= 11 is 0. The third-order valence-electron chi connectivity index (χ3n) is 5.25. The van der Waals surface area contributed by atoms with Crippen LogP contribution in [0.4, 0.5) is 21.8 Å². The van der Waals surface area contributed by atoms with Crippen molar-refractivity contribution < 1.29 is 4.39 Å². The first-order chi connectivity index (χ1) is 13.2. The molecule has 1 aromatic heterocycles. The zero-order chi connectivity index (χ0) is 18.6. The van der Waals surface area contributed by atoms with Crippen LogP contribution >= 0.6 is 0 Å². The van der Waals surface area contributed by atoms with Gasteiger partial charge in [0.15, 0.2) is 0 Å². The van der Waals surface area contributed by atoms with Gasteiger partial charge in [-0.2, -0.15) is 10.2 Å². The monoisotopic (exact) mass is 366 g/mol. The van der Waals surface area contributed by atoms with E-state index in [2.05, 4.69) is 19.7 Å². The third-order valence-corrected chi connectivity index (χ3v) is 5.25. The van der Waals surface area contributed by atoms with Crippen molar-refractivity contribution in [3.05, 3.63) is 41.8 Å². The molecule has 7 heteroatoms. The lowest BCUT2D eigenvalue weighted by atomic mass is 10.1. The summed E-state index contributed by atoms with van der Waals surface area (Å²) < 4.78 is 13.7. The third kappa shape index (κ3) is 3.95. The predicted molar refractivity (Wildman–Crippen MR) is 104 cm³/mol. The van der Waals surface area contributed by atoms with Crippen molar-refractivity contribution in [2.24, 2.45) is 0 Å². The standard InChI is InChI=1S/C20H23FN6/c21-17-12-16(15-22)13-18(14-17)25-8-10-27(11-9-25)20-23-5-4-19(24-20)26-6-2-1-3-7-26/h4-5,12-14H,1-3,6-11H2. The second kappa shape index (κ2) is 7.78. The van der Waals surface area contributed by atoms with E-state index >= 15 is 0 Å². The van der Waals surface area contributed by atoms with Crippen LogP contribution in [0, 0.1) is 17.1 Å². The first-order valence-electron chi connectivity index (χ1n) is 9.51. The van der Waals surface area contributed by atoms with Crippen LogP contribution in [0.2, 0.25) is 0 Å². The number of nitrogens with zero attached hydrogens (tertiary/aromatic N) is 6. The van der Waals surface area contributed by atoms with Crippen molar-refractivity contribution in [3.63, 3.8) is 0 Å². The number of aromatic nitrogens is 2. The highest BCUT2D eigenvalue weighted by molar-refractivity contribution is 5.53. The molecule has 2 aliphatic rings. The lowest BCUT2D eigenvalue weighted by molar-refractivity contribution is 0.571. The minimum absolute atomic E-state index is 0.352. The van der Waals surface area contributed by atoms with E-state index in [9.17, 15) is 4.39 Å². The quantitative estimate of drug-likeness (QED) is 0.833. The summed E-state index contributed by atoms with van der Waals surface area (Å²) in [6, 6.07) is 8.50. The van der Waals surface area contributed by atoms with Crippen molar-refractivity contribution >= 4 is 17.5 Å². The summed E-state index contributed by atoms with van der Waals surface area (Å²) in [5.41, 5.74) is 1.11. The maximum atomic E-state index is 13.7. The molecule has 0 bridgehead atoms. The van der Waals surface area contributed by atoms with Crippen LogP contribution in [-0.4, -0.2) is 49.2 Å². The molecule has 0 spiro atoms. The molecule has 6 nitrogen and oxygen atoms in total. The molecule has 0 amide bonds. The fraction of sp³-hybridized carbons (Fsp3) is 0.450. The van der Waals surface area contributed by atoms with Crippen molar-refractivity contribution in [1.82, 2.24) is 9.97 Å². The van der Waals surface area contributed by atoms with E-state index in [-0.39, 0.29) is 5.82 Å². The Bertz CT molecular complexity index is 835. The molecule has 0 N–H and O–H groups in total. The first-order valence-corrected chi connectivity index (χ1v) is 9.51. The highest BCUT2D eigenvalue weighted by Gasteiger charge is 2.21. The molecular weight excluding hydrogens is 343 g/mol. The van der Waals surface area contributed by atoms with Crippen molar-refractivity contribution in [1.29, 1.82) is 5.26 Å². The number of benzene rings is 1. The van der Waals surface area contributed by atoms with Gasteiger partial charge >= 0.3 is 0 Å². The molecule has 140 valence electrons. The van der Waals surface area contributed by atoms with E-state index < -0.39 is 0 Å². The maximum absolute atomic E-state index is 13.7. The van der Waals surface area contributed by atoms with Crippen LogP contribution in [0.15, 0.2) is 30.5 Å². The van der Waals surface area contributed by atoms with E-state index in [4.69, 9.17) is 10.2 Å². The Morgan fingerprint density at radius 1 is 0.889 bits per heavy atom. The number of piperazine rings is 1. The van der Waals surface area contributed by atoms with E-state index in [1.165, 1.54) is 31.4 Å². The van der Waals surface area contributed by atoms with E-state index in [1.54, 1.807) is 6.07 Å². The molecule has 0 saturated carbocycles. The molecule has 4 rings (SSSR count). The molecule has 0 aliphatic carbocycles. The second-order valence-electron chi connectivity index (χ2n) is 7.05. The summed E-state index contributed by atoms with van der Waals surface area (Å²) in [5, 5.41) is 9.05. The van der Waals surface area contributed by atoms with Gasteiger partial charge in [-0.25, -0.2) is 9.37 Å². The van der Waals surface area contributed by atoms with Gasteiger partial charge in [0.1, 0.15) is 11.6 Å². The van der Waals surface area contributed by atoms with Gasteiger partial charge in [-0.3, -0.25) is 0 Å². The predicted octanol–water partition coefficient (Wildman–Crippen LogP) is 2.80. The average Bonchev–Trinajstić information content (AvgIpc) is 2.74. The highest BCUT2D eigenvalue weighted by Crippen LogP contribution is 2.23. The fourth-order valence-corrected chi connectivity index (χ4v) is 3.78. The van der Waals surface area contributed by atoms with Crippen molar-refractivity contribution in [2.45, 2.75) is 19.3 Å². The van der Waals surface area contributed by atoms with E-state index in [0.717, 1.165) is 56.7 Å². The minimum atomic E-state index is -0.371. The Kier molecular flexibility index (Phi) is 5.05. The lowest BCUT2D eigenvalue weighted by Crippen LogP contribution is -2.47. The zero-order valence-electron chi connectivity index (χ0n) is 15.3. The normalized spacial score (nSPS) is 17.7. The summed E-state index contributed by atoms with van der Waals surface area (Å²) in [6.07, 6.45) is 5.57. The van der Waals surface area contributed by atoms with Crippen molar-refractivity contribution in [2.75, 3.05) is 54.0 Å². The fourth-order valence-electron chi connectivity index (χ4n) is 3.78. The molecule has 2 aromatic rings. The second-order valence-corrected chi connectivity index (χ2v) is 7.05. The number of nitriles is 1. The molecule has 2 aliphatic heterocycles. The van der Waals surface area contributed by atoms with Gasteiger partial charge in [-0.15, -0.1) is 0 Å². The van der Waals surface area contributed by atoms with Gasteiger partial charge in [-0.1, -0.05) is 0 Å². The van der Waals surface area contributed by atoms with Crippen LogP contribution in [-0.2, 0) is 0 Å². The summed E-state index contributed by atoms with van der Waals surface area (Å²) in [6.45, 7) is 5.14. The van der Waals surface area contributed by atoms with Crippen molar-refractivity contribution in [3.8, 4) is 6.07 Å². The Balaban J connectivity index is 1.43. The SMILES string of the molecule is N#Cc1cc(F)cc(N2CCN(c3nccc(N4CCCCC4)n3)CC2)c1. The van der Waals surface area contributed by atoms with Gasteiger partial charge < -0.3 is 14.7 Å². The minimum Gasteiger partial charge on any atom is -0.368 e. The molecule has 2 fully saturated rings. The van der Waals surface area contributed by atoms with E-state index in [1.807, 2.05) is 18.3 Å². The van der Waals surface area contributed by atoms with Crippen LogP contribution in [0.3, 0.4) is 0 Å². The largest absolute Gasteiger partial charge is 0.368 e. The smallest absolute Gasteiger partial charge is 0.227 e. The average molecular weight is 366 g/mol. The van der Waals surface area contributed by atoms with Gasteiger partial charge in [0.25, 0.3) is 0 Å². The Labute approximate surface area is 158 Å². The molecule has 3 heterocycles. The number of hydrogen-bond donors (Lipinski definition) is 0. The van der Waals surface area contributed by atoms with Crippen LogP contribution < -0.4 is 14.7 Å². The number of rotatable bonds is 3. The zero-order valence-corrected chi connectivity index (χ0v) is 15.3. The Morgan fingerprint density at radius 3 is 2.37 bits per heavy atom. The van der Waals surface area contributed by atoms with Crippen LogP contribution in [0.25, 0.3) is 0 Å². The molecule has 2 saturated heterocycles. The number of halogens is 1. The summed E-state index contributed by atoms with van der Waals surface area (Å²) in [7, 11) is 0. The van der Waals surface area contributed by atoms with Gasteiger partial charge in [0.2, 0.25) is 5.95 Å². The molecule has 0 radical (unpaired) electrons.